The van der Waals surface area contributed by atoms with E-state index in [-0.39, 0.29) is 9.90 Å². The van der Waals surface area contributed by atoms with Crippen molar-refractivity contribution in [1.29, 1.82) is 0 Å². The Balaban J connectivity index is 0.00000128. The van der Waals surface area contributed by atoms with E-state index in [2.05, 4.69) is 67.5 Å². The third kappa shape index (κ3) is 2.62. The zero-order chi connectivity index (χ0) is 10.7. The first-order valence-electron chi connectivity index (χ1n) is 5.11. The molecule has 16 heavy (non-hydrogen) atoms. The van der Waals surface area contributed by atoms with Crippen LogP contribution in [0.4, 0.5) is 5.69 Å². The smallest absolute Gasteiger partial charge is 0.0440 e. The molecule has 0 aliphatic rings. The molecule has 0 amide bonds. The van der Waals surface area contributed by atoms with Crippen LogP contribution in [0.2, 0.25) is 0 Å². The monoisotopic (exact) mass is 231 g/mol. The summed E-state index contributed by atoms with van der Waals surface area (Å²) in [5.74, 6) is 0. The van der Waals surface area contributed by atoms with Crippen molar-refractivity contribution < 1.29 is 0 Å². The van der Waals surface area contributed by atoms with Crippen LogP contribution in [0, 0.1) is 0 Å². The summed E-state index contributed by atoms with van der Waals surface area (Å²) >= 11 is 0. The van der Waals surface area contributed by atoms with Crippen LogP contribution in [-0.2, 0) is 0 Å². The molecule has 2 aromatic carbocycles. The number of benzene rings is 2. The Hall–Kier alpha value is -1.33. The van der Waals surface area contributed by atoms with Crippen molar-refractivity contribution >= 4 is 15.6 Å². The third-order valence-electron chi connectivity index (χ3n) is 2.47. The number of hydrogen-bond acceptors (Lipinski definition) is 1. The second-order valence-electron chi connectivity index (χ2n) is 3.78. The van der Waals surface area contributed by atoms with E-state index in [0.29, 0.717) is 0 Å². The average Bonchev–Trinajstić information content (AvgIpc) is 2.30. The van der Waals surface area contributed by atoms with Crippen molar-refractivity contribution in [2.45, 2.75) is 0 Å². The maximum absolute atomic E-state index is 2.16. The van der Waals surface area contributed by atoms with Crippen LogP contribution in [0.25, 0.3) is 11.1 Å². The van der Waals surface area contributed by atoms with Crippen LogP contribution >= 0.6 is 9.90 Å². The molecule has 1 unspecified atom stereocenters. The largest absolute Gasteiger partial charge is 0.377 e. The van der Waals surface area contributed by atoms with E-state index in [1.807, 2.05) is 6.07 Å². The molecule has 0 fully saturated rings. The van der Waals surface area contributed by atoms with E-state index in [1.54, 1.807) is 0 Å². The average molecular weight is 231 g/mol. The number of hydrogen-bond donors (Lipinski definition) is 0. The van der Waals surface area contributed by atoms with Crippen molar-refractivity contribution in [3.05, 3.63) is 54.6 Å². The van der Waals surface area contributed by atoms with E-state index >= 15 is 0 Å². The number of anilines is 1. The lowest BCUT2D eigenvalue weighted by atomic mass is 10.0. The highest BCUT2D eigenvalue weighted by Gasteiger charge is 2.04. The minimum atomic E-state index is 0. The van der Waals surface area contributed by atoms with Crippen molar-refractivity contribution in [2.75, 3.05) is 19.0 Å². The van der Waals surface area contributed by atoms with Crippen LogP contribution < -0.4 is 4.90 Å². The highest BCUT2D eigenvalue weighted by Crippen LogP contribution is 2.28. The Bertz CT molecular complexity index is 437. The first kappa shape index (κ1) is 12.7. The third-order valence-corrected chi connectivity index (χ3v) is 2.47. The van der Waals surface area contributed by atoms with Gasteiger partial charge in [0, 0.05) is 25.3 Å². The molecule has 2 rings (SSSR count). The van der Waals surface area contributed by atoms with Gasteiger partial charge in [-0.2, -0.15) is 9.90 Å². The molecule has 0 aliphatic carbocycles. The van der Waals surface area contributed by atoms with E-state index in [1.165, 1.54) is 16.8 Å². The molecule has 0 heterocycles. The lowest BCUT2D eigenvalue weighted by molar-refractivity contribution is 1.13. The summed E-state index contributed by atoms with van der Waals surface area (Å²) in [6.45, 7) is 0. The maximum atomic E-state index is 2.16. The number of para-hydroxylation sites is 1. The SMILES string of the molecule is CN(C)c1ccccc1-c1ccccc1.P. The highest BCUT2D eigenvalue weighted by atomic mass is 31.0. The van der Waals surface area contributed by atoms with Crippen molar-refractivity contribution in [3.8, 4) is 11.1 Å². The fraction of sp³-hybridized carbons (Fsp3) is 0.143. The van der Waals surface area contributed by atoms with Crippen LogP contribution in [0.3, 0.4) is 0 Å². The zero-order valence-corrected chi connectivity index (χ0v) is 11.3. The van der Waals surface area contributed by atoms with E-state index in [4.69, 9.17) is 0 Å². The van der Waals surface area contributed by atoms with Crippen LogP contribution in [0.5, 0.6) is 0 Å². The van der Waals surface area contributed by atoms with Crippen LogP contribution in [-0.4, -0.2) is 14.1 Å². The Morgan fingerprint density at radius 3 is 1.94 bits per heavy atom. The molecule has 2 heteroatoms. The minimum absolute atomic E-state index is 0. The first-order valence-corrected chi connectivity index (χ1v) is 5.11. The van der Waals surface area contributed by atoms with E-state index < -0.39 is 0 Å². The van der Waals surface area contributed by atoms with Crippen molar-refractivity contribution in [3.63, 3.8) is 0 Å². The molecule has 1 nitrogen and oxygen atoms in total. The number of rotatable bonds is 2. The summed E-state index contributed by atoms with van der Waals surface area (Å²) in [6.07, 6.45) is 0. The van der Waals surface area contributed by atoms with Gasteiger partial charge >= 0.3 is 0 Å². The van der Waals surface area contributed by atoms with Crippen LogP contribution in [0.1, 0.15) is 0 Å². The van der Waals surface area contributed by atoms with Gasteiger partial charge in [0.15, 0.2) is 0 Å². The van der Waals surface area contributed by atoms with Gasteiger partial charge in [0.1, 0.15) is 0 Å². The first-order chi connectivity index (χ1) is 7.29. The predicted molar refractivity (Wildman–Crippen MR) is 77.3 cm³/mol. The van der Waals surface area contributed by atoms with E-state index in [9.17, 15) is 0 Å². The normalized spacial score (nSPS) is 9.38. The van der Waals surface area contributed by atoms with Crippen molar-refractivity contribution in [2.24, 2.45) is 0 Å². The van der Waals surface area contributed by atoms with Gasteiger partial charge in [0.25, 0.3) is 0 Å². The lowest BCUT2D eigenvalue weighted by Crippen LogP contribution is -2.09. The summed E-state index contributed by atoms with van der Waals surface area (Å²) in [4.78, 5) is 2.14. The molecule has 0 N–H and O–H groups in total. The molecular formula is C14H18NP. The summed E-state index contributed by atoms with van der Waals surface area (Å²) in [6, 6.07) is 18.9. The van der Waals surface area contributed by atoms with E-state index in [0.717, 1.165) is 0 Å². The molecule has 1 atom stereocenters. The molecule has 0 spiro atoms. The molecule has 0 saturated heterocycles. The quantitative estimate of drug-likeness (QED) is 0.715. The van der Waals surface area contributed by atoms with Gasteiger partial charge in [-0.3, -0.25) is 0 Å². The molecule has 84 valence electrons. The molecule has 0 radical (unpaired) electrons. The molecule has 2 aromatic rings. The predicted octanol–water partition coefficient (Wildman–Crippen LogP) is 3.48. The maximum Gasteiger partial charge on any atom is 0.0440 e. The summed E-state index contributed by atoms with van der Waals surface area (Å²) < 4.78 is 0. The minimum Gasteiger partial charge on any atom is -0.377 e. The summed E-state index contributed by atoms with van der Waals surface area (Å²) in [7, 11) is 4.14. The number of nitrogens with zero attached hydrogens (tertiary/aromatic N) is 1. The van der Waals surface area contributed by atoms with Gasteiger partial charge in [-0.15, -0.1) is 0 Å². The lowest BCUT2D eigenvalue weighted by Gasteiger charge is -2.17. The zero-order valence-electron chi connectivity index (χ0n) is 9.85. The topological polar surface area (TPSA) is 3.24 Å². The Labute approximate surface area is 101 Å². The Morgan fingerprint density at radius 2 is 1.31 bits per heavy atom. The van der Waals surface area contributed by atoms with Crippen LogP contribution in [0.15, 0.2) is 54.6 Å². The fourth-order valence-electron chi connectivity index (χ4n) is 1.73. The molecule has 0 saturated carbocycles. The molecule has 0 aromatic heterocycles. The summed E-state index contributed by atoms with van der Waals surface area (Å²) in [5.41, 5.74) is 3.80. The van der Waals surface area contributed by atoms with Gasteiger partial charge in [-0.05, 0) is 11.6 Å². The van der Waals surface area contributed by atoms with Gasteiger partial charge in [0.2, 0.25) is 0 Å². The fourth-order valence-corrected chi connectivity index (χ4v) is 1.73. The van der Waals surface area contributed by atoms with Gasteiger partial charge in [0.05, 0.1) is 0 Å². The van der Waals surface area contributed by atoms with Gasteiger partial charge in [-0.1, -0.05) is 48.5 Å². The molecular weight excluding hydrogens is 213 g/mol. The molecule has 0 aliphatic heterocycles. The Kier molecular flexibility index (Phi) is 4.52. The second-order valence-corrected chi connectivity index (χ2v) is 3.78. The van der Waals surface area contributed by atoms with Crippen molar-refractivity contribution in [1.82, 2.24) is 0 Å². The molecule has 0 bridgehead atoms. The highest BCUT2D eigenvalue weighted by molar-refractivity contribution is 6.92. The van der Waals surface area contributed by atoms with Gasteiger partial charge < -0.3 is 4.90 Å². The second kappa shape index (κ2) is 5.67. The Morgan fingerprint density at radius 1 is 0.750 bits per heavy atom. The standard InChI is InChI=1S/C14H15N.H3P/c1-15(2)14-11-7-6-10-13(14)12-8-4-3-5-9-12;/h3-11H,1-2H3;1H3. The summed E-state index contributed by atoms with van der Waals surface area (Å²) in [5, 5.41) is 0. The van der Waals surface area contributed by atoms with Gasteiger partial charge in [-0.25, -0.2) is 0 Å².